The third kappa shape index (κ3) is 4.28. The summed E-state index contributed by atoms with van der Waals surface area (Å²) in [6, 6.07) is 0.426. The smallest absolute Gasteiger partial charge is 0.324 e. The van der Waals surface area contributed by atoms with E-state index in [1.165, 1.54) is 32.1 Å². The molecule has 1 heterocycles. The van der Waals surface area contributed by atoms with Gasteiger partial charge in [0.2, 0.25) is 0 Å². The highest BCUT2D eigenvalue weighted by Crippen LogP contribution is 2.20. The van der Waals surface area contributed by atoms with Crippen LogP contribution in [0.5, 0.6) is 0 Å². The summed E-state index contributed by atoms with van der Waals surface area (Å²) in [5, 5.41) is 3.41. The van der Waals surface area contributed by atoms with Crippen LogP contribution in [0.2, 0.25) is 0 Å². The minimum atomic E-state index is -0.124. The van der Waals surface area contributed by atoms with Crippen LogP contribution in [0.3, 0.4) is 0 Å². The molecule has 0 aromatic rings. The van der Waals surface area contributed by atoms with Gasteiger partial charge in [0.05, 0.1) is 6.61 Å². The van der Waals surface area contributed by atoms with Crippen molar-refractivity contribution in [3.05, 3.63) is 0 Å². The third-order valence-electron chi connectivity index (χ3n) is 3.47. The highest BCUT2D eigenvalue weighted by atomic mass is 16.5. The molecule has 1 aliphatic carbocycles. The molecule has 2 fully saturated rings. The van der Waals surface area contributed by atoms with Crippen LogP contribution in [0.4, 0.5) is 0 Å². The molecule has 2 aliphatic rings. The van der Waals surface area contributed by atoms with Gasteiger partial charge in [-0.2, -0.15) is 0 Å². The molecule has 1 atom stereocenters. The van der Waals surface area contributed by atoms with Crippen LogP contribution in [0.15, 0.2) is 0 Å². The van der Waals surface area contributed by atoms with E-state index >= 15 is 0 Å². The van der Waals surface area contributed by atoms with Gasteiger partial charge in [0.25, 0.3) is 0 Å². The second-order valence-corrected chi connectivity index (χ2v) is 5.11. The van der Waals surface area contributed by atoms with Crippen molar-refractivity contribution in [1.82, 2.24) is 10.2 Å². The van der Waals surface area contributed by atoms with Crippen molar-refractivity contribution in [2.75, 3.05) is 26.2 Å². The normalized spacial score (nSPS) is 23.4. The van der Waals surface area contributed by atoms with Crippen molar-refractivity contribution in [3.63, 3.8) is 0 Å². The Hall–Kier alpha value is -0.610. The highest BCUT2D eigenvalue weighted by molar-refractivity contribution is 5.76. The molecule has 98 valence electrons. The van der Waals surface area contributed by atoms with Crippen LogP contribution in [-0.2, 0) is 9.53 Å². The van der Waals surface area contributed by atoms with Gasteiger partial charge in [-0.1, -0.05) is 6.42 Å². The zero-order chi connectivity index (χ0) is 12.1. The number of piperidine rings is 1. The van der Waals surface area contributed by atoms with Crippen LogP contribution < -0.4 is 5.32 Å². The van der Waals surface area contributed by atoms with Crippen molar-refractivity contribution in [2.45, 2.75) is 51.1 Å². The molecule has 1 aliphatic heterocycles. The van der Waals surface area contributed by atoms with E-state index in [4.69, 9.17) is 4.74 Å². The maximum absolute atomic E-state index is 11.9. The molecule has 4 heteroatoms. The van der Waals surface area contributed by atoms with E-state index in [0.29, 0.717) is 12.6 Å². The van der Waals surface area contributed by atoms with Crippen LogP contribution in [-0.4, -0.2) is 49.2 Å². The Labute approximate surface area is 104 Å². The Morgan fingerprint density at radius 2 is 2.06 bits per heavy atom. The quantitative estimate of drug-likeness (QED) is 0.707. The summed E-state index contributed by atoms with van der Waals surface area (Å²) in [6.07, 6.45) is 6.26. The number of rotatable bonds is 6. The van der Waals surface area contributed by atoms with Gasteiger partial charge in [0.1, 0.15) is 6.04 Å². The summed E-state index contributed by atoms with van der Waals surface area (Å²) < 4.78 is 5.15. The Morgan fingerprint density at radius 1 is 1.35 bits per heavy atom. The second-order valence-electron chi connectivity index (χ2n) is 5.11. The zero-order valence-corrected chi connectivity index (χ0v) is 10.8. The Morgan fingerprint density at radius 3 is 2.65 bits per heavy atom. The minimum absolute atomic E-state index is 0.0787. The summed E-state index contributed by atoms with van der Waals surface area (Å²) in [5.41, 5.74) is 0. The summed E-state index contributed by atoms with van der Waals surface area (Å²) in [4.78, 5) is 14.3. The molecule has 0 amide bonds. The lowest BCUT2D eigenvalue weighted by Crippen LogP contribution is -2.49. The fourth-order valence-corrected chi connectivity index (χ4v) is 2.37. The van der Waals surface area contributed by atoms with Gasteiger partial charge in [-0.25, -0.2) is 0 Å². The largest absolute Gasteiger partial charge is 0.465 e. The molecule has 17 heavy (non-hydrogen) atoms. The summed E-state index contributed by atoms with van der Waals surface area (Å²) in [7, 11) is 0. The molecule has 1 saturated carbocycles. The summed E-state index contributed by atoms with van der Waals surface area (Å²) in [6.45, 7) is 5.41. The molecule has 1 unspecified atom stereocenters. The first-order valence-electron chi connectivity index (χ1n) is 6.94. The Bertz CT molecular complexity index is 248. The van der Waals surface area contributed by atoms with Crippen molar-refractivity contribution in [2.24, 2.45) is 0 Å². The number of likely N-dealkylation sites (tertiary alicyclic amines) is 1. The number of carbonyl (C=O) groups excluding carboxylic acids is 1. The SMILES string of the molecule is CCOC(=O)C(CN1CCCCC1)NC1CC1. The molecule has 0 aromatic heterocycles. The summed E-state index contributed by atoms with van der Waals surface area (Å²) >= 11 is 0. The van der Waals surface area contributed by atoms with Crippen LogP contribution in [0, 0.1) is 0 Å². The van der Waals surface area contributed by atoms with Crippen molar-refractivity contribution in [1.29, 1.82) is 0 Å². The molecule has 0 spiro atoms. The molecular weight excluding hydrogens is 216 g/mol. The van der Waals surface area contributed by atoms with Gasteiger partial charge in [-0.15, -0.1) is 0 Å². The standard InChI is InChI=1S/C13H24N2O2/c1-2-17-13(16)12(14-11-6-7-11)10-15-8-4-3-5-9-15/h11-12,14H,2-10H2,1H3. The van der Waals surface area contributed by atoms with Crippen molar-refractivity contribution in [3.8, 4) is 0 Å². The van der Waals surface area contributed by atoms with E-state index in [0.717, 1.165) is 19.6 Å². The van der Waals surface area contributed by atoms with Crippen LogP contribution in [0.25, 0.3) is 0 Å². The maximum Gasteiger partial charge on any atom is 0.324 e. The van der Waals surface area contributed by atoms with Gasteiger partial charge in [-0.05, 0) is 45.7 Å². The van der Waals surface area contributed by atoms with Gasteiger partial charge in [0.15, 0.2) is 0 Å². The number of hydrogen-bond acceptors (Lipinski definition) is 4. The van der Waals surface area contributed by atoms with E-state index in [-0.39, 0.29) is 12.0 Å². The predicted molar refractivity (Wildman–Crippen MR) is 66.9 cm³/mol. The third-order valence-corrected chi connectivity index (χ3v) is 3.47. The molecule has 0 aromatic carbocycles. The number of ether oxygens (including phenoxy) is 1. The predicted octanol–water partition coefficient (Wildman–Crippen LogP) is 1.16. The fraction of sp³-hybridized carbons (Fsp3) is 0.923. The average molecular weight is 240 g/mol. The van der Waals surface area contributed by atoms with Gasteiger partial charge >= 0.3 is 5.97 Å². The molecule has 1 saturated heterocycles. The minimum Gasteiger partial charge on any atom is -0.465 e. The van der Waals surface area contributed by atoms with Gasteiger partial charge in [-0.3, -0.25) is 4.79 Å². The number of esters is 1. The monoisotopic (exact) mass is 240 g/mol. The number of nitrogens with one attached hydrogen (secondary N) is 1. The number of nitrogens with zero attached hydrogens (tertiary/aromatic N) is 1. The molecule has 1 N–H and O–H groups in total. The van der Waals surface area contributed by atoms with Gasteiger partial charge < -0.3 is 15.0 Å². The Kier molecular flexibility index (Phi) is 4.80. The molecule has 4 nitrogen and oxygen atoms in total. The lowest BCUT2D eigenvalue weighted by atomic mass is 10.1. The average Bonchev–Trinajstić information content (AvgIpc) is 3.14. The molecule has 0 bridgehead atoms. The van der Waals surface area contributed by atoms with Crippen molar-refractivity contribution < 1.29 is 9.53 Å². The van der Waals surface area contributed by atoms with Crippen LogP contribution >= 0.6 is 0 Å². The highest BCUT2D eigenvalue weighted by Gasteiger charge is 2.30. The summed E-state index contributed by atoms with van der Waals surface area (Å²) in [5.74, 6) is -0.0787. The topological polar surface area (TPSA) is 41.6 Å². The first kappa shape index (κ1) is 12.8. The molecule has 0 radical (unpaired) electrons. The van der Waals surface area contributed by atoms with E-state index in [2.05, 4.69) is 10.2 Å². The lowest BCUT2D eigenvalue weighted by Gasteiger charge is -2.30. The second kappa shape index (κ2) is 6.36. The lowest BCUT2D eigenvalue weighted by molar-refractivity contribution is -0.146. The van der Waals surface area contributed by atoms with Crippen LogP contribution in [0.1, 0.15) is 39.0 Å². The number of hydrogen-bond donors (Lipinski definition) is 1. The van der Waals surface area contributed by atoms with E-state index in [1.54, 1.807) is 0 Å². The molecule has 2 rings (SSSR count). The first-order chi connectivity index (χ1) is 8.29. The van der Waals surface area contributed by atoms with E-state index in [9.17, 15) is 4.79 Å². The molecular formula is C13H24N2O2. The van der Waals surface area contributed by atoms with Gasteiger partial charge in [0, 0.05) is 12.6 Å². The Balaban J connectivity index is 1.81. The zero-order valence-electron chi connectivity index (χ0n) is 10.8. The fourth-order valence-electron chi connectivity index (χ4n) is 2.37. The first-order valence-corrected chi connectivity index (χ1v) is 6.94. The van der Waals surface area contributed by atoms with E-state index < -0.39 is 0 Å². The van der Waals surface area contributed by atoms with Crippen molar-refractivity contribution >= 4 is 5.97 Å². The maximum atomic E-state index is 11.9. The number of carbonyl (C=O) groups is 1. The van der Waals surface area contributed by atoms with E-state index in [1.807, 2.05) is 6.92 Å².